The number of H-pyrrole nitrogens is 1. The van der Waals surface area contributed by atoms with Crippen LogP contribution in [0.2, 0.25) is 0 Å². The number of para-hydroxylation sites is 1. The molecule has 13 nitrogen and oxygen atoms in total. The predicted octanol–water partition coefficient (Wildman–Crippen LogP) is 0.332. The fraction of sp³-hybridized carbons (Fsp3) is 0.536. The number of nitrogens with one attached hydrogen (secondary N) is 4. The summed E-state index contributed by atoms with van der Waals surface area (Å²) in [6.45, 7) is 7.37. The highest BCUT2D eigenvalue weighted by Crippen LogP contribution is 2.20. The molecule has 1 aromatic heterocycles. The molecule has 0 aliphatic rings. The molecule has 0 saturated heterocycles. The van der Waals surface area contributed by atoms with E-state index >= 15 is 0 Å². The second-order valence-electron chi connectivity index (χ2n) is 10.6. The molecular formula is C28H44N8O5. The highest BCUT2D eigenvalue weighted by Gasteiger charge is 2.33. The van der Waals surface area contributed by atoms with Crippen molar-refractivity contribution in [2.45, 2.75) is 77.5 Å². The van der Waals surface area contributed by atoms with Crippen LogP contribution >= 0.6 is 0 Å². The maximum atomic E-state index is 13.6. The van der Waals surface area contributed by atoms with E-state index in [1.807, 2.05) is 38.1 Å². The van der Waals surface area contributed by atoms with E-state index in [-0.39, 0.29) is 24.2 Å². The first-order valence-electron chi connectivity index (χ1n) is 13.9. The minimum absolute atomic E-state index is 0.0502. The first kappa shape index (κ1) is 33.1. The molecule has 0 spiro atoms. The van der Waals surface area contributed by atoms with Crippen molar-refractivity contribution in [1.82, 2.24) is 20.9 Å². The average Bonchev–Trinajstić information content (AvgIpc) is 3.33. The number of guanidine groups is 1. The van der Waals surface area contributed by atoms with Crippen LogP contribution in [0, 0.1) is 11.8 Å². The molecule has 226 valence electrons. The molecule has 0 fully saturated rings. The van der Waals surface area contributed by atoms with Crippen LogP contribution in [0.5, 0.6) is 0 Å². The number of carboxylic acid groups (broad SMARTS) is 1. The molecule has 0 bridgehead atoms. The van der Waals surface area contributed by atoms with E-state index in [1.54, 1.807) is 20.0 Å². The lowest BCUT2D eigenvalue weighted by Gasteiger charge is -2.28. The van der Waals surface area contributed by atoms with Crippen molar-refractivity contribution < 1.29 is 24.3 Å². The van der Waals surface area contributed by atoms with Gasteiger partial charge in [0.25, 0.3) is 0 Å². The van der Waals surface area contributed by atoms with E-state index in [0.29, 0.717) is 25.8 Å². The van der Waals surface area contributed by atoms with Gasteiger partial charge in [0.1, 0.15) is 18.1 Å². The van der Waals surface area contributed by atoms with Gasteiger partial charge in [0.2, 0.25) is 17.7 Å². The maximum absolute atomic E-state index is 13.6. The third-order valence-corrected chi connectivity index (χ3v) is 7.06. The number of hydrogen-bond acceptors (Lipinski definition) is 6. The molecule has 2 aromatic rings. The van der Waals surface area contributed by atoms with Crippen molar-refractivity contribution in [1.29, 1.82) is 0 Å². The van der Waals surface area contributed by atoms with E-state index in [1.165, 1.54) is 0 Å². The van der Waals surface area contributed by atoms with E-state index in [0.717, 1.165) is 16.5 Å². The molecule has 1 aromatic carbocycles. The Kier molecular flexibility index (Phi) is 12.6. The zero-order chi connectivity index (χ0) is 30.7. The number of amides is 3. The number of aliphatic carboxylic acids is 1. The number of nitrogens with two attached hydrogens (primary N) is 3. The maximum Gasteiger partial charge on any atom is 0.326 e. The Hall–Kier alpha value is -4.13. The Morgan fingerprint density at radius 1 is 0.976 bits per heavy atom. The molecule has 13 heteroatoms. The standard InChI is InChI=1S/C28H44N8O5/c1-5-16(4)23(36-24(37)19(29)10-8-12-32-28(30)31)26(39)34-21(25(38)35-22(15(2)3)27(40)41)13-17-14-33-20-11-7-6-9-18(17)20/h6-7,9,11,14-16,19,21-23,33H,5,8,10,12-13,29H2,1-4H3,(H,34,39)(H,35,38)(H,36,37)(H,40,41)(H4,30,31,32). The number of carboxylic acids is 1. The minimum atomic E-state index is -1.18. The van der Waals surface area contributed by atoms with E-state index in [9.17, 15) is 24.3 Å². The van der Waals surface area contributed by atoms with Gasteiger partial charge in [-0.05, 0) is 36.3 Å². The lowest BCUT2D eigenvalue weighted by molar-refractivity contribution is -0.143. The highest BCUT2D eigenvalue weighted by molar-refractivity contribution is 5.95. The second kappa shape index (κ2) is 15.6. The molecule has 1 heterocycles. The molecule has 2 rings (SSSR count). The summed E-state index contributed by atoms with van der Waals surface area (Å²) in [5, 5.41) is 18.6. The summed E-state index contributed by atoms with van der Waals surface area (Å²) >= 11 is 0. The largest absolute Gasteiger partial charge is 0.480 e. The lowest BCUT2D eigenvalue weighted by Crippen LogP contribution is -2.59. The quantitative estimate of drug-likeness (QED) is 0.0791. The topological polar surface area (TPSA) is 231 Å². The summed E-state index contributed by atoms with van der Waals surface area (Å²) in [6.07, 6.45) is 3.18. The van der Waals surface area contributed by atoms with Crippen LogP contribution in [-0.4, -0.2) is 70.5 Å². The fourth-order valence-corrected chi connectivity index (χ4v) is 4.37. The minimum Gasteiger partial charge on any atom is -0.480 e. The predicted molar refractivity (Wildman–Crippen MR) is 158 cm³/mol. The molecule has 0 radical (unpaired) electrons. The summed E-state index contributed by atoms with van der Waals surface area (Å²) in [6, 6.07) is 3.39. The van der Waals surface area contributed by atoms with Gasteiger partial charge < -0.3 is 43.2 Å². The third kappa shape index (κ3) is 9.78. The number of nitrogens with zero attached hydrogens (tertiary/aromatic N) is 1. The molecular weight excluding hydrogens is 528 g/mol. The van der Waals surface area contributed by atoms with Crippen LogP contribution < -0.4 is 33.2 Å². The molecule has 5 atom stereocenters. The average molecular weight is 573 g/mol. The molecule has 11 N–H and O–H groups in total. The Balaban J connectivity index is 2.26. The number of carbonyl (C=O) groups is 4. The number of carbonyl (C=O) groups excluding carboxylic acids is 3. The Morgan fingerprint density at radius 2 is 1.63 bits per heavy atom. The van der Waals surface area contributed by atoms with Crippen molar-refractivity contribution in [3.63, 3.8) is 0 Å². The fourth-order valence-electron chi connectivity index (χ4n) is 4.37. The summed E-state index contributed by atoms with van der Waals surface area (Å²) in [4.78, 5) is 58.7. The van der Waals surface area contributed by atoms with Crippen LogP contribution in [0.1, 0.15) is 52.5 Å². The third-order valence-electron chi connectivity index (χ3n) is 7.06. The van der Waals surface area contributed by atoms with Gasteiger partial charge in [0.05, 0.1) is 6.04 Å². The van der Waals surface area contributed by atoms with Gasteiger partial charge in [-0.25, -0.2) is 4.79 Å². The summed E-state index contributed by atoms with van der Waals surface area (Å²) in [5.74, 6) is -3.63. The van der Waals surface area contributed by atoms with Crippen molar-refractivity contribution in [2.75, 3.05) is 6.54 Å². The normalized spacial score (nSPS) is 14.9. The zero-order valence-electron chi connectivity index (χ0n) is 24.1. The molecule has 0 aliphatic heterocycles. The first-order valence-corrected chi connectivity index (χ1v) is 13.9. The Labute approximate surface area is 240 Å². The van der Waals surface area contributed by atoms with Crippen LogP contribution in [0.3, 0.4) is 0 Å². The van der Waals surface area contributed by atoms with Gasteiger partial charge in [0.15, 0.2) is 5.96 Å². The molecule has 5 unspecified atom stereocenters. The van der Waals surface area contributed by atoms with Crippen molar-refractivity contribution in [3.8, 4) is 0 Å². The second-order valence-corrected chi connectivity index (χ2v) is 10.6. The van der Waals surface area contributed by atoms with Crippen molar-refractivity contribution in [2.24, 2.45) is 34.0 Å². The van der Waals surface area contributed by atoms with Gasteiger partial charge in [-0.2, -0.15) is 0 Å². The molecule has 41 heavy (non-hydrogen) atoms. The molecule has 0 saturated carbocycles. The zero-order valence-corrected chi connectivity index (χ0v) is 24.1. The highest BCUT2D eigenvalue weighted by atomic mass is 16.4. The lowest BCUT2D eigenvalue weighted by atomic mass is 9.96. The van der Waals surface area contributed by atoms with Gasteiger partial charge in [-0.3, -0.25) is 19.4 Å². The van der Waals surface area contributed by atoms with Crippen LogP contribution in [0.25, 0.3) is 10.9 Å². The summed E-state index contributed by atoms with van der Waals surface area (Å²) < 4.78 is 0. The number of aliphatic imine (C=N–C) groups is 1. The first-order chi connectivity index (χ1) is 19.3. The number of aromatic nitrogens is 1. The monoisotopic (exact) mass is 572 g/mol. The number of benzene rings is 1. The molecule has 3 amide bonds. The van der Waals surface area contributed by atoms with E-state index in [2.05, 4.69) is 25.9 Å². The van der Waals surface area contributed by atoms with Gasteiger partial charge >= 0.3 is 5.97 Å². The summed E-state index contributed by atoms with van der Waals surface area (Å²) in [5.41, 5.74) is 18.3. The van der Waals surface area contributed by atoms with Crippen LogP contribution in [0.15, 0.2) is 35.5 Å². The summed E-state index contributed by atoms with van der Waals surface area (Å²) in [7, 11) is 0. The van der Waals surface area contributed by atoms with Crippen molar-refractivity contribution in [3.05, 3.63) is 36.0 Å². The van der Waals surface area contributed by atoms with Gasteiger partial charge in [0, 0.05) is 30.1 Å². The number of hydrogen-bond donors (Lipinski definition) is 8. The SMILES string of the molecule is CCC(C)C(NC(=O)C(N)CCCN=C(N)N)C(=O)NC(Cc1c[nH]c2ccccc12)C(=O)NC(C(=O)O)C(C)C. The number of aromatic amines is 1. The number of rotatable bonds is 16. The van der Waals surface area contributed by atoms with Gasteiger partial charge in [-0.15, -0.1) is 0 Å². The van der Waals surface area contributed by atoms with Crippen LogP contribution in [0.4, 0.5) is 0 Å². The Bertz CT molecular complexity index is 1220. The number of fused-ring (bicyclic) bond motifs is 1. The Morgan fingerprint density at radius 3 is 2.24 bits per heavy atom. The van der Waals surface area contributed by atoms with E-state index in [4.69, 9.17) is 17.2 Å². The van der Waals surface area contributed by atoms with E-state index < -0.39 is 47.9 Å². The molecule has 0 aliphatic carbocycles. The van der Waals surface area contributed by atoms with Crippen molar-refractivity contribution >= 4 is 40.6 Å². The van der Waals surface area contributed by atoms with Crippen LogP contribution in [-0.2, 0) is 25.6 Å². The smallest absolute Gasteiger partial charge is 0.326 e. The van der Waals surface area contributed by atoms with Gasteiger partial charge in [-0.1, -0.05) is 52.3 Å².